The van der Waals surface area contributed by atoms with Gasteiger partial charge in [-0.1, -0.05) is 17.7 Å². The lowest BCUT2D eigenvalue weighted by molar-refractivity contribution is 0.462. The minimum absolute atomic E-state index is 0.409. The van der Waals surface area contributed by atoms with Crippen LogP contribution in [0.2, 0.25) is 5.02 Å². The van der Waals surface area contributed by atoms with Gasteiger partial charge in [-0.05, 0) is 62.8 Å². The summed E-state index contributed by atoms with van der Waals surface area (Å²) in [6.45, 7) is 0. The highest BCUT2D eigenvalue weighted by Crippen LogP contribution is 2.29. The third kappa shape index (κ3) is 3.09. The second kappa shape index (κ2) is 5.33. The Morgan fingerprint density at radius 2 is 2.12 bits per heavy atom. The first-order valence-corrected chi connectivity index (χ1v) is 6.64. The first-order valence-electron chi connectivity index (χ1n) is 4.39. The fourth-order valence-electron chi connectivity index (χ4n) is 1.12. The van der Waals surface area contributed by atoms with Gasteiger partial charge < -0.3 is 4.74 Å². The van der Waals surface area contributed by atoms with Crippen LogP contribution < -0.4 is 4.74 Å². The number of rotatable bonds is 2. The molecule has 0 aliphatic rings. The molecule has 82 valence electrons. The minimum Gasteiger partial charge on any atom is -0.438 e. The van der Waals surface area contributed by atoms with Crippen molar-refractivity contribution in [2.24, 2.45) is 0 Å². The van der Waals surface area contributed by atoms with Crippen molar-refractivity contribution in [1.82, 2.24) is 4.98 Å². The lowest BCUT2D eigenvalue weighted by Crippen LogP contribution is -1.89. The Morgan fingerprint density at radius 3 is 2.81 bits per heavy atom. The summed E-state index contributed by atoms with van der Waals surface area (Å²) in [5.74, 6) is 1.13. The summed E-state index contributed by atoms with van der Waals surface area (Å²) in [5, 5.41) is 0.480. The topological polar surface area (TPSA) is 22.1 Å². The van der Waals surface area contributed by atoms with Gasteiger partial charge in [0.15, 0.2) is 0 Å². The fraction of sp³-hybridized carbons (Fsp3) is 0. The highest BCUT2D eigenvalue weighted by Gasteiger charge is 2.05. The van der Waals surface area contributed by atoms with Gasteiger partial charge in [0, 0.05) is 14.2 Å². The molecule has 2 aromatic rings. The molecule has 0 spiro atoms. The van der Waals surface area contributed by atoms with Crippen molar-refractivity contribution in [2.75, 3.05) is 0 Å². The zero-order valence-electron chi connectivity index (χ0n) is 7.95. The summed E-state index contributed by atoms with van der Waals surface area (Å²) in [6, 6.07) is 9.44. The Kier molecular flexibility index (Phi) is 4.05. The van der Waals surface area contributed by atoms with Gasteiger partial charge in [-0.3, -0.25) is 0 Å². The fourth-order valence-corrected chi connectivity index (χ4v) is 2.30. The van der Waals surface area contributed by atoms with Crippen molar-refractivity contribution < 1.29 is 4.74 Å². The molecule has 1 aromatic heterocycles. The molecule has 0 saturated heterocycles. The van der Waals surface area contributed by atoms with Crippen molar-refractivity contribution in [3.8, 4) is 11.6 Å². The van der Waals surface area contributed by atoms with Crippen molar-refractivity contribution in [2.45, 2.75) is 0 Å². The largest absolute Gasteiger partial charge is 0.438 e. The van der Waals surface area contributed by atoms with E-state index in [9.17, 15) is 0 Å². The molecule has 0 fully saturated rings. The summed E-state index contributed by atoms with van der Waals surface area (Å²) in [4.78, 5) is 4.10. The maximum atomic E-state index is 6.00. The van der Waals surface area contributed by atoms with Crippen LogP contribution in [0.25, 0.3) is 0 Å². The highest BCUT2D eigenvalue weighted by molar-refractivity contribution is 14.1. The van der Waals surface area contributed by atoms with Crippen molar-refractivity contribution in [3.05, 3.63) is 49.6 Å². The molecule has 0 unspecified atom stereocenters. The molecule has 0 atom stereocenters. The standard InChI is InChI=1S/C11H6BrClINO/c12-7-4-10(13)11(15-6-7)16-9-3-1-2-8(14)5-9/h1-6H. The van der Waals surface area contributed by atoms with Crippen LogP contribution in [0.3, 0.4) is 0 Å². The summed E-state index contributed by atoms with van der Waals surface area (Å²) in [6.07, 6.45) is 1.65. The van der Waals surface area contributed by atoms with E-state index in [0.717, 1.165) is 13.8 Å². The van der Waals surface area contributed by atoms with Crippen LogP contribution in [0.15, 0.2) is 41.0 Å². The normalized spacial score (nSPS) is 10.2. The molecule has 16 heavy (non-hydrogen) atoms. The third-order valence-electron chi connectivity index (χ3n) is 1.78. The van der Waals surface area contributed by atoms with E-state index in [2.05, 4.69) is 43.5 Å². The van der Waals surface area contributed by atoms with Crippen LogP contribution in [-0.4, -0.2) is 4.98 Å². The van der Waals surface area contributed by atoms with Crippen LogP contribution in [0.1, 0.15) is 0 Å². The number of hydrogen-bond acceptors (Lipinski definition) is 2. The zero-order chi connectivity index (χ0) is 11.5. The zero-order valence-corrected chi connectivity index (χ0v) is 12.5. The van der Waals surface area contributed by atoms with Crippen LogP contribution in [0.4, 0.5) is 0 Å². The first-order chi connectivity index (χ1) is 7.65. The Hall–Kier alpha value is -0.330. The lowest BCUT2D eigenvalue weighted by atomic mass is 10.3. The number of aromatic nitrogens is 1. The summed E-state index contributed by atoms with van der Waals surface area (Å²) >= 11 is 11.5. The number of benzene rings is 1. The highest BCUT2D eigenvalue weighted by atomic mass is 127. The summed E-state index contributed by atoms with van der Waals surface area (Å²) in [7, 11) is 0. The van der Waals surface area contributed by atoms with E-state index < -0.39 is 0 Å². The average molecular weight is 410 g/mol. The number of hydrogen-bond donors (Lipinski definition) is 0. The smallest absolute Gasteiger partial charge is 0.238 e. The van der Waals surface area contributed by atoms with E-state index in [4.69, 9.17) is 16.3 Å². The summed E-state index contributed by atoms with van der Waals surface area (Å²) in [5.41, 5.74) is 0. The maximum absolute atomic E-state index is 6.00. The second-order valence-electron chi connectivity index (χ2n) is 3.00. The van der Waals surface area contributed by atoms with Gasteiger partial charge in [-0.25, -0.2) is 4.98 Å². The second-order valence-corrected chi connectivity index (χ2v) is 5.57. The minimum atomic E-state index is 0.409. The molecule has 2 nitrogen and oxygen atoms in total. The average Bonchev–Trinajstić information content (AvgIpc) is 2.22. The summed E-state index contributed by atoms with van der Waals surface area (Å²) < 4.78 is 7.50. The van der Waals surface area contributed by atoms with Gasteiger partial charge in [0.25, 0.3) is 0 Å². The van der Waals surface area contributed by atoms with Gasteiger partial charge in [0.05, 0.1) is 0 Å². The van der Waals surface area contributed by atoms with E-state index in [1.54, 1.807) is 12.3 Å². The van der Waals surface area contributed by atoms with E-state index in [1.165, 1.54) is 0 Å². The van der Waals surface area contributed by atoms with E-state index in [1.807, 2.05) is 24.3 Å². The molecule has 0 N–H and O–H groups in total. The van der Waals surface area contributed by atoms with E-state index in [-0.39, 0.29) is 0 Å². The SMILES string of the molecule is Clc1cc(Br)cnc1Oc1cccc(I)c1. The van der Waals surface area contributed by atoms with E-state index in [0.29, 0.717) is 10.9 Å². The molecule has 0 bridgehead atoms. The third-order valence-corrected chi connectivity index (χ3v) is 3.16. The molecular formula is C11H6BrClINO. The quantitative estimate of drug-likeness (QED) is 0.658. The predicted octanol–water partition coefficient (Wildman–Crippen LogP) is 4.89. The number of nitrogens with zero attached hydrogens (tertiary/aromatic N) is 1. The van der Waals surface area contributed by atoms with Crippen molar-refractivity contribution in [3.63, 3.8) is 0 Å². The molecule has 0 radical (unpaired) electrons. The first kappa shape index (κ1) is 12.1. The number of pyridine rings is 1. The Bertz CT molecular complexity index is 521. The molecule has 1 heterocycles. The predicted molar refractivity (Wildman–Crippen MR) is 76.2 cm³/mol. The van der Waals surface area contributed by atoms with E-state index >= 15 is 0 Å². The number of halogens is 3. The van der Waals surface area contributed by atoms with Crippen molar-refractivity contribution >= 4 is 50.1 Å². The lowest BCUT2D eigenvalue weighted by Gasteiger charge is -2.06. The molecule has 1 aromatic carbocycles. The molecule has 5 heteroatoms. The van der Waals surface area contributed by atoms with Gasteiger partial charge in [0.2, 0.25) is 5.88 Å². The Morgan fingerprint density at radius 1 is 1.31 bits per heavy atom. The molecule has 0 amide bonds. The molecular weight excluding hydrogens is 404 g/mol. The van der Waals surface area contributed by atoms with Gasteiger partial charge in [-0.15, -0.1) is 0 Å². The van der Waals surface area contributed by atoms with Crippen LogP contribution in [0, 0.1) is 3.57 Å². The molecule has 0 aliphatic carbocycles. The molecule has 2 rings (SSSR count). The van der Waals surface area contributed by atoms with Crippen LogP contribution >= 0.6 is 50.1 Å². The Balaban J connectivity index is 2.27. The number of ether oxygens (including phenoxy) is 1. The van der Waals surface area contributed by atoms with Crippen LogP contribution in [0.5, 0.6) is 11.6 Å². The Labute approximate surface area is 120 Å². The monoisotopic (exact) mass is 409 g/mol. The van der Waals surface area contributed by atoms with Gasteiger partial charge >= 0.3 is 0 Å². The maximum Gasteiger partial charge on any atom is 0.238 e. The van der Waals surface area contributed by atoms with Crippen LogP contribution in [-0.2, 0) is 0 Å². The van der Waals surface area contributed by atoms with Crippen molar-refractivity contribution in [1.29, 1.82) is 0 Å². The van der Waals surface area contributed by atoms with Gasteiger partial charge in [-0.2, -0.15) is 0 Å². The molecule has 0 saturated carbocycles. The van der Waals surface area contributed by atoms with Gasteiger partial charge in [0.1, 0.15) is 10.8 Å². The molecule has 0 aliphatic heterocycles.